The summed E-state index contributed by atoms with van der Waals surface area (Å²) in [5.74, 6) is -2.23. The molecular formula is C12H15NO4. The van der Waals surface area contributed by atoms with Gasteiger partial charge in [-0.25, -0.2) is 4.79 Å². The predicted molar refractivity (Wildman–Crippen MR) is 61.4 cm³/mol. The Labute approximate surface area is 104 Å². The number of ether oxygens (including phenoxy) is 1. The molecule has 0 saturated carbocycles. The summed E-state index contributed by atoms with van der Waals surface area (Å²) in [6.45, 7) is 1.06. The number of esters is 1. The van der Waals surface area contributed by atoms with Crippen molar-refractivity contribution >= 4 is 11.9 Å². The van der Waals surface area contributed by atoms with Gasteiger partial charge in [0.05, 0.1) is 8.48 Å². The zero-order valence-electron chi connectivity index (χ0n) is 12.5. The number of carbonyl (C=O) groups excluding carboxylic acids is 2. The van der Waals surface area contributed by atoms with Gasteiger partial charge in [-0.2, -0.15) is 0 Å². The summed E-state index contributed by atoms with van der Waals surface area (Å²) in [5, 5.41) is 11.4. The lowest BCUT2D eigenvalue weighted by Crippen LogP contribution is -2.41. The van der Waals surface area contributed by atoms with Crippen LogP contribution in [0.1, 0.15) is 16.6 Å². The number of hydrogen-bond donors (Lipinski definition) is 2. The Kier molecular flexibility index (Phi) is 3.13. The second-order valence-corrected chi connectivity index (χ2v) is 3.22. The van der Waals surface area contributed by atoms with Crippen molar-refractivity contribution < 1.29 is 23.5 Å². The molecule has 0 aromatic heterocycles. The van der Waals surface area contributed by atoms with Gasteiger partial charge < -0.3 is 15.2 Å². The van der Waals surface area contributed by atoms with Gasteiger partial charge in [0.25, 0.3) is 0 Å². The minimum Gasteiger partial charge on any atom is -0.508 e. The molecule has 0 aliphatic heterocycles. The molecule has 0 bridgehead atoms. The normalized spacial score (nSPS) is 16.9. The molecular weight excluding hydrogens is 222 g/mol. The standard InChI is InChI=1S/C12H15NO4/c1-8(14)13-11(12(16)17-2)7-9-4-3-5-10(15)6-9/h3-6,11,15H,7H2,1-2H3,(H,13,14)/t11-/m1/s1/i7D2,11D. The van der Waals surface area contributed by atoms with E-state index < -0.39 is 24.3 Å². The van der Waals surface area contributed by atoms with E-state index in [1.807, 2.05) is 5.32 Å². The highest BCUT2D eigenvalue weighted by Gasteiger charge is 2.20. The summed E-state index contributed by atoms with van der Waals surface area (Å²) in [5.41, 5.74) is -0.133. The predicted octanol–water partition coefficient (Wildman–Crippen LogP) is 0.612. The highest BCUT2D eigenvalue weighted by Crippen LogP contribution is 2.13. The maximum atomic E-state index is 11.7. The molecule has 0 fully saturated rings. The second-order valence-electron chi connectivity index (χ2n) is 3.22. The van der Waals surface area contributed by atoms with E-state index in [4.69, 9.17) is 4.11 Å². The molecule has 1 aromatic carbocycles. The third-order valence-electron chi connectivity index (χ3n) is 1.81. The van der Waals surface area contributed by atoms with Crippen molar-refractivity contribution in [1.82, 2.24) is 5.32 Å². The van der Waals surface area contributed by atoms with E-state index in [9.17, 15) is 14.7 Å². The molecule has 0 heterocycles. The Balaban J connectivity index is 3.37. The molecule has 1 amide bonds. The summed E-state index contributed by atoms with van der Waals surface area (Å²) < 4.78 is 28.4. The van der Waals surface area contributed by atoms with Gasteiger partial charge in [-0.05, 0) is 17.7 Å². The lowest BCUT2D eigenvalue weighted by molar-refractivity contribution is -0.144. The molecule has 92 valence electrons. The number of benzene rings is 1. The van der Waals surface area contributed by atoms with Crippen LogP contribution in [0.25, 0.3) is 0 Å². The Morgan fingerprint density at radius 1 is 1.65 bits per heavy atom. The highest BCUT2D eigenvalue weighted by atomic mass is 16.5. The Bertz CT molecular complexity index is 535. The topological polar surface area (TPSA) is 75.6 Å². The largest absolute Gasteiger partial charge is 0.508 e. The molecule has 5 nitrogen and oxygen atoms in total. The fraction of sp³-hybridized carbons (Fsp3) is 0.333. The first kappa shape index (κ1) is 9.04. The van der Waals surface area contributed by atoms with E-state index in [0.717, 1.165) is 20.1 Å². The highest BCUT2D eigenvalue weighted by molar-refractivity contribution is 5.83. The van der Waals surface area contributed by atoms with Gasteiger partial charge in [0.1, 0.15) is 11.8 Å². The molecule has 0 aliphatic rings. The zero-order chi connectivity index (χ0) is 15.6. The van der Waals surface area contributed by atoms with Gasteiger partial charge in [-0.3, -0.25) is 4.79 Å². The summed E-state index contributed by atoms with van der Waals surface area (Å²) >= 11 is 0. The third-order valence-corrected chi connectivity index (χ3v) is 1.81. The van der Waals surface area contributed by atoms with Crippen LogP contribution in [0.3, 0.4) is 0 Å². The number of aromatic hydroxyl groups is 1. The number of methoxy groups -OCH3 is 1. The summed E-state index contributed by atoms with van der Waals surface area (Å²) in [4.78, 5) is 22.9. The second kappa shape index (κ2) is 5.89. The van der Waals surface area contributed by atoms with Crippen molar-refractivity contribution in [2.75, 3.05) is 7.11 Å². The summed E-state index contributed by atoms with van der Waals surface area (Å²) in [6, 6.07) is 2.40. The van der Waals surface area contributed by atoms with Crippen LogP contribution in [0.4, 0.5) is 0 Å². The molecule has 0 aliphatic carbocycles. The third kappa shape index (κ3) is 4.14. The number of hydrogen-bond acceptors (Lipinski definition) is 4. The van der Waals surface area contributed by atoms with Crippen LogP contribution in [0.5, 0.6) is 5.75 Å². The molecule has 0 radical (unpaired) electrons. The lowest BCUT2D eigenvalue weighted by Gasteiger charge is -2.15. The fourth-order valence-electron chi connectivity index (χ4n) is 1.14. The van der Waals surface area contributed by atoms with Gasteiger partial charge in [0.15, 0.2) is 0 Å². The van der Waals surface area contributed by atoms with E-state index in [-0.39, 0.29) is 11.3 Å². The molecule has 1 aromatic rings. The van der Waals surface area contributed by atoms with Gasteiger partial charge in [-0.1, -0.05) is 12.1 Å². The Morgan fingerprint density at radius 3 is 2.88 bits per heavy atom. The monoisotopic (exact) mass is 240 g/mol. The van der Waals surface area contributed by atoms with Gasteiger partial charge in [-0.15, -0.1) is 0 Å². The Morgan fingerprint density at radius 2 is 2.35 bits per heavy atom. The Hall–Kier alpha value is -2.04. The number of nitrogens with one attached hydrogen (secondary N) is 1. The molecule has 0 saturated heterocycles. The number of rotatable bonds is 4. The van der Waals surface area contributed by atoms with E-state index in [0.29, 0.717) is 0 Å². The van der Waals surface area contributed by atoms with Crippen molar-refractivity contribution in [3.05, 3.63) is 29.8 Å². The van der Waals surface area contributed by atoms with Crippen LogP contribution in [-0.4, -0.2) is 30.1 Å². The zero-order valence-corrected chi connectivity index (χ0v) is 9.48. The number of amides is 1. The molecule has 0 spiro atoms. The van der Waals surface area contributed by atoms with E-state index in [1.165, 1.54) is 18.2 Å². The maximum Gasteiger partial charge on any atom is 0.328 e. The van der Waals surface area contributed by atoms with Crippen molar-refractivity contribution in [3.63, 3.8) is 0 Å². The first-order valence-corrected chi connectivity index (χ1v) is 4.82. The van der Waals surface area contributed by atoms with Gasteiger partial charge in [0, 0.05) is 16.0 Å². The molecule has 1 rings (SSSR count). The van der Waals surface area contributed by atoms with E-state index in [1.54, 1.807) is 0 Å². The summed E-state index contributed by atoms with van der Waals surface area (Å²) in [6.07, 6.45) is -2.61. The first-order chi connectivity index (χ1) is 9.15. The molecule has 1 atom stereocenters. The quantitative estimate of drug-likeness (QED) is 0.756. The van der Waals surface area contributed by atoms with Gasteiger partial charge >= 0.3 is 5.97 Å². The minimum atomic E-state index is -2.67. The lowest BCUT2D eigenvalue weighted by atomic mass is 10.1. The fourth-order valence-corrected chi connectivity index (χ4v) is 1.14. The van der Waals surface area contributed by atoms with E-state index in [2.05, 4.69) is 4.74 Å². The molecule has 2 N–H and O–H groups in total. The molecule has 5 heteroatoms. The number of phenolic OH excluding ortho intramolecular Hbond substituents is 1. The summed E-state index contributed by atoms with van der Waals surface area (Å²) in [7, 11) is 0.992. The van der Waals surface area contributed by atoms with Crippen molar-refractivity contribution in [1.29, 1.82) is 0 Å². The van der Waals surface area contributed by atoms with Crippen LogP contribution >= 0.6 is 0 Å². The SMILES string of the molecule is [2H]C([2H])(c1cccc(O)c1)[C@@]([2H])(NC(C)=O)C(=O)OC. The maximum absolute atomic E-state index is 11.7. The number of carbonyl (C=O) groups is 2. The van der Waals surface area contributed by atoms with Crippen LogP contribution in [0, 0.1) is 0 Å². The van der Waals surface area contributed by atoms with Crippen LogP contribution in [-0.2, 0) is 20.7 Å². The molecule has 17 heavy (non-hydrogen) atoms. The van der Waals surface area contributed by atoms with E-state index >= 15 is 0 Å². The number of phenols is 1. The molecule has 0 unspecified atom stereocenters. The average Bonchev–Trinajstić information content (AvgIpc) is 2.36. The first-order valence-electron chi connectivity index (χ1n) is 6.32. The minimum absolute atomic E-state index is 0.133. The van der Waals surface area contributed by atoms with Crippen molar-refractivity contribution in [2.24, 2.45) is 0 Å². The van der Waals surface area contributed by atoms with Gasteiger partial charge in [0.2, 0.25) is 5.91 Å². The van der Waals surface area contributed by atoms with Crippen molar-refractivity contribution in [2.45, 2.75) is 19.3 Å². The van der Waals surface area contributed by atoms with Crippen LogP contribution < -0.4 is 5.32 Å². The van der Waals surface area contributed by atoms with Crippen molar-refractivity contribution in [3.8, 4) is 5.75 Å². The smallest absolute Gasteiger partial charge is 0.328 e. The van der Waals surface area contributed by atoms with Crippen LogP contribution in [0.2, 0.25) is 0 Å². The van der Waals surface area contributed by atoms with Crippen LogP contribution in [0.15, 0.2) is 24.3 Å². The average molecular weight is 240 g/mol.